The van der Waals surface area contributed by atoms with Crippen LogP contribution in [0, 0.1) is 17.8 Å². The fraction of sp³-hybridized carbons (Fsp3) is 0.600. The lowest BCUT2D eigenvalue weighted by molar-refractivity contribution is 0.151. The van der Waals surface area contributed by atoms with Gasteiger partial charge in [-0.05, 0) is 45.8 Å². The fourth-order valence-electron chi connectivity index (χ4n) is 2.38. The van der Waals surface area contributed by atoms with Crippen molar-refractivity contribution in [3.05, 3.63) is 20.8 Å². The summed E-state index contributed by atoms with van der Waals surface area (Å²) < 4.78 is 6.62. The van der Waals surface area contributed by atoms with Crippen molar-refractivity contribution in [2.24, 2.45) is 17.8 Å². The van der Waals surface area contributed by atoms with E-state index in [2.05, 4.69) is 44.0 Å². The maximum absolute atomic E-state index is 5.40. The summed E-state index contributed by atoms with van der Waals surface area (Å²) in [4.78, 5) is 1.98. The Bertz CT molecular complexity index is 342. The lowest BCUT2D eigenvalue weighted by Crippen LogP contribution is -2.02. The number of hydrogen-bond acceptors (Lipinski definition) is 2. The zero-order valence-electron chi connectivity index (χ0n) is 7.45. The Kier molecular flexibility index (Phi) is 2.51. The summed E-state index contributed by atoms with van der Waals surface area (Å²) in [5.41, 5.74) is 0. The minimum atomic E-state index is 0.540. The van der Waals surface area contributed by atoms with E-state index in [1.54, 1.807) is 0 Å². The number of ether oxygens (including phenoxy) is 1. The number of halogens is 2. The first-order chi connectivity index (χ1) is 6.77. The zero-order valence-corrected chi connectivity index (χ0v) is 11.4. The van der Waals surface area contributed by atoms with Crippen LogP contribution < -0.4 is 0 Å². The first-order valence-corrected chi connectivity index (χ1v) is 7.27. The molecular weight excluding hydrogens is 328 g/mol. The van der Waals surface area contributed by atoms with Gasteiger partial charge >= 0.3 is 0 Å². The van der Waals surface area contributed by atoms with Crippen molar-refractivity contribution in [1.82, 2.24) is 0 Å². The van der Waals surface area contributed by atoms with Gasteiger partial charge in [0.1, 0.15) is 0 Å². The average molecular weight is 338 g/mol. The number of fused-ring (bicyclic) bond motifs is 1. The van der Waals surface area contributed by atoms with E-state index in [9.17, 15) is 0 Å². The fourth-order valence-corrected chi connectivity index (χ4v) is 5.06. The van der Waals surface area contributed by atoms with Gasteiger partial charge in [0.25, 0.3) is 0 Å². The topological polar surface area (TPSA) is 9.23 Å². The normalized spacial score (nSPS) is 36.9. The van der Waals surface area contributed by atoms with Crippen molar-refractivity contribution in [3.8, 4) is 0 Å². The smallest absolute Gasteiger partial charge is 0.0701 e. The van der Waals surface area contributed by atoms with Crippen LogP contribution in [0.1, 0.15) is 9.70 Å². The van der Waals surface area contributed by atoms with E-state index in [0.29, 0.717) is 4.83 Å². The minimum Gasteiger partial charge on any atom is -0.381 e. The molecule has 0 amide bonds. The molecule has 3 unspecified atom stereocenters. The van der Waals surface area contributed by atoms with Gasteiger partial charge < -0.3 is 4.74 Å². The van der Waals surface area contributed by atoms with Crippen molar-refractivity contribution >= 4 is 43.2 Å². The van der Waals surface area contributed by atoms with Gasteiger partial charge in [-0.2, -0.15) is 0 Å². The molecule has 76 valence electrons. The Hall–Kier alpha value is 0.620. The largest absolute Gasteiger partial charge is 0.381 e. The maximum Gasteiger partial charge on any atom is 0.0701 e. The van der Waals surface area contributed by atoms with Crippen molar-refractivity contribution in [2.75, 3.05) is 13.2 Å². The lowest BCUT2D eigenvalue weighted by atomic mass is 10.2. The molecule has 1 aromatic heterocycles. The molecule has 0 N–H and O–H groups in total. The van der Waals surface area contributed by atoms with E-state index in [1.165, 1.54) is 8.66 Å². The molecule has 3 atom stereocenters. The molecule has 1 saturated heterocycles. The van der Waals surface area contributed by atoms with Crippen LogP contribution in [-0.2, 0) is 4.74 Å². The highest BCUT2D eigenvalue weighted by Crippen LogP contribution is 2.60. The predicted molar refractivity (Wildman–Crippen MR) is 65.0 cm³/mol. The van der Waals surface area contributed by atoms with Crippen LogP contribution in [0.15, 0.2) is 15.9 Å². The van der Waals surface area contributed by atoms with Crippen LogP contribution in [0.25, 0.3) is 0 Å². The van der Waals surface area contributed by atoms with E-state index in [1.807, 2.05) is 11.3 Å². The highest BCUT2D eigenvalue weighted by atomic mass is 79.9. The SMILES string of the molecule is Brc1ccc(C(Br)C2C3COCC32)s1. The van der Waals surface area contributed by atoms with Crippen molar-refractivity contribution in [3.63, 3.8) is 0 Å². The van der Waals surface area contributed by atoms with Gasteiger partial charge in [-0.25, -0.2) is 0 Å². The van der Waals surface area contributed by atoms with Crippen LogP contribution in [0.2, 0.25) is 0 Å². The van der Waals surface area contributed by atoms with Gasteiger partial charge in [-0.1, -0.05) is 15.9 Å². The summed E-state index contributed by atoms with van der Waals surface area (Å²) in [6, 6.07) is 4.34. The second-order valence-corrected chi connectivity index (χ2v) is 7.47. The van der Waals surface area contributed by atoms with Gasteiger partial charge in [-0.3, -0.25) is 0 Å². The molecule has 1 aliphatic heterocycles. The van der Waals surface area contributed by atoms with Gasteiger partial charge in [0.15, 0.2) is 0 Å². The second kappa shape index (κ2) is 3.58. The summed E-state index contributed by atoms with van der Waals surface area (Å²) in [5.74, 6) is 2.45. The Labute approximate surface area is 104 Å². The van der Waals surface area contributed by atoms with Crippen LogP contribution in [0.3, 0.4) is 0 Å². The van der Waals surface area contributed by atoms with Gasteiger partial charge in [-0.15, -0.1) is 11.3 Å². The minimum absolute atomic E-state index is 0.540. The third-order valence-corrected chi connectivity index (χ3v) is 6.34. The Morgan fingerprint density at radius 2 is 2.07 bits per heavy atom. The van der Waals surface area contributed by atoms with Crippen molar-refractivity contribution in [1.29, 1.82) is 0 Å². The number of alkyl halides is 1. The first-order valence-electron chi connectivity index (χ1n) is 4.74. The summed E-state index contributed by atoms with van der Waals surface area (Å²) >= 11 is 9.15. The number of thiophene rings is 1. The Balaban J connectivity index is 1.75. The van der Waals surface area contributed by atoms with E-state index < -0.39 is 0 Å². The standard InChI is InChI=1S/C10H10Br2OS/c11-8-2-1-7(14-8)10(12)9-5-3-13-4-6(5)9/h1-2,5-6,9-10H,3-4H2. The predicted octanol–water partition coefficient (Wildman–Crippen LogP) is 3.84. The first kappa shape index (κ1) is 9.82. The van der Waals surface area contributed by atoms with Crippen molar-refractivity contribution in [2.45, 2.75) is 4.83 Å². The van der Waals surface area contributed by atoms with Crippen LogP contribution >= 0.6 is 43.2 Å². The highest BCUT2D eigenvalue weighted by molar-refractivity contribution is 9.11. The van der Waals surface area contributed by atoms with Crippen molar-refractivity contribution < 1.29 is 4.74 Å². The molecule has 2 fully saturated rings. The summed E-state index contributed by atoms with van der Waals surface area (Å²) in [5, 5.41) is 0. The van der Waals surface area contributed by atoms with E-state index >= 15 is 0 Å². The maximum atomic E-state index is 5.40. The molecule has 2 heterocycles. The van der Waals surface area contributed by atoms with E-state index in [-0.39, 0.29) is 0 Å². The molecular formula is C10H10Br2OS. The lowest BCUT2D eigenvalue weighted by Gasteiger charge is -2.09. The zero-order chi connectivity index (χ0) is 9.71. The van der Waals surface area contributed by atoms with Crippen LogP contribution in [-0.4, -0.2) is 13.2 Å². The molecule has 1 nitrogen and oxygen atoms in total. The van der Waals surface area contributed by atoms with Gasteiger partial charge in [0, 0.05) is 4.88 Å². The Morgan fingerprint density at radius 1 is 1.36 bits per heavy atom. The molecule has 0 radical (unpaired) electrons. The average Bonchev–Trinajstić information content (AvgIpc) is 2.56. The highest BCUT2D eigenvalue weighted by Gasteiger charge is 2.57. The third-order valence-electron chi connectivity index (χ3n) is 3.22. The van der Waals surface area contributed by atoms with E-state index in [4.69, 9.17) is 4.74 Å². The molecule has 3 rings (SSSR count). The summed E-state index contributed by atoms with van der Waals surface area (Å²) in [6.07, 6.45) is 0. The molecule has 1 aromatic rings. The van der Waals surface area contributed by atoms with Gasteiger partial charge in [0.05, 0.1) is 21.8 Å². The molecule has 1 saturated carbocycles. The third kappa shape index (κ3) is 1.51. The van der Waals surface area contributed by atoms with E-state index in [0.717, 1.165) is 31.0 Å². The number of rotatable bonds is 2. The monoisotopic (exact) mass is 336 g/mol. The quantitative estimate of drug-likeness (QED) is 0.745. The molecule has 0 bridgehead atoms. The van der Waals surface area contributed by atoms with Crippen LogP contribution in [0.4, 0.5) is 0 Å². The second-order valence-electron chi connectivity index (χ2n) is 3.99. The van der Waals surface area contributed by atoms with Crippen LogP contribution in [0.5, 0.6) is 0 Å². The number of hydrogen-bond donors (Lipinski definition) is 0. The molecule has 0 spiro atoms. The molecule has 0 aromatic carbocycles. The molecule has 1 aliphatic carbocycles. The summed E-state index contributed by atoms with van der Waals surface area (Å²) in [7, 11) is 0. The molecule has 4 heteroatoms. The summed E-state index contributed by atoms with van der Waals surface area (Å²) in [6.45, 7) is 1.95. The molecule has 14 heavy (non-hydrogen) atoms. The van der Waals surface area contributed by atoms with Gasteiger partial charge in [0.2, 0.25) is 0 Å². The Morgan fingerprint density at radius 3 is 2.64 bits per heavy atom. The molecule has 2 aliphatic rings.